The molecule has 0 spiro atoms. The molecule has 114 valence electrons. The fourth-order valence-electron chi connectivity index (χ4n) is 1.77. The van der Waals surface area contributed by atoms with Gasteiger partial charge in [-0.2, -0.15) is 0 Å². The molecule has 0 radical (unpaired) electrons. The molecule has 0 saturated carbocycles. The number of aliphatic hydroxyl groups is 1. The molecule has 0 bridgehead atoms. The summed E-state index contributed by atoms with van der Waals surface area (Å²) in [5.41, 5.74) is 0.480. The van der Waals surface area contributed by atoms with Crippen LogP contribution in [-0.2, 0) is 4.74 Å². The van der Waals surface area contributed by atoms with Crippen molar-refractivity contribution in [3.8, 4) is 0 Å². The van der Waals surface area contributed by atoms with Crippen LogP contribution >= 0.6 is 11.6 Å². The Morgan fingerprint density at radius 3 is 2.90 bits per heavy atom. The molecule has 0 aromatic heterocycles. The summed E-state index contributed by atoms with van der Waals surface area (Å²) in [6, 6.07) is 4.08. The van der Waals surface area contributed by atoms with Crippen molar-refractivity contribution >= 4 is 17.3 Å². The molecule has 20 heavy (non-hydrogen) atoms. The number of hydrogen-bond acceptors (Lipinski definition) is 3. The van der Waals surface area contributed by atoms with Crippen LogP contribution in [0.2, 0.25) is 5.02 Å². The minimum atomic E-state index is -0.638. The summed E-state index contributed by atoms with van der Waals surface area (Å²) >= 11 is 5.91. The number of ether oxygens (including phenoxy) is 1. The predicted molar refractivity (Wildman–Crippen MR) is 80.9 cm³/mol. The molecule has 0 saturated heterocycles. The fourth-order valence-corrected chi connectivity index (χ4v) is 1.95. The third-order valence-electron chi connectivity index (χ3n) is 2.91. The zero-order valence-corrected chi connectivity index (χ0v) is 12.6. The van der Waals surface area contributed by atoms with Crippen LogP contribution in [0.5, 0.6) is 0 Å². The molecule has 1 aromatic carbocycles. The van der Waals surface area contributed by atoms with E-state index in [-0.39, 0.29) is 19.0 Å². The molecular formula is C15H23ClFNO2. The molecule has 5 heteroatoms. The topological polar surface area (TPSA) is 41.5 Å². The maximum absolute atomic E-state index is 13.0. The summed E-state index contributed by atoms with van der Waals surface area (Å²) in [5, 5.41) is 13.1. The Kier molecular flexibility index (Phi) is 8.58. The van der Waals surface area contributed by atoms with Gasteiger partial charge in [0.05, 0.1) is 23.4 Å². The van der Waals surface area contributed by atoms with Crippen molar-refractivity contribution in [2.45, 2.75) is 38.7 Å². The van der Waals surface area contributed by atoms with Crippen molar-refractivity contribution < 1.29 is 14.2 Å². The van der Waals surface area contributed by atoms with E-state index in [4.69, 9.17) is 16.3 Å². The number of benzene rings is 1. The summed E-state index contributed by atoms with van der Waals surface area (Å²) in [7, 11) is 0. The molecule has 0 aliphatic rings. The zero-order valence-electron chi connectivity index (χ0n) is 11.9. The van der Waals surface area contributed by atoms with E-state index in [1.165, 1.54) is 31.0 Å². The normalized spacial score (nSPS) is 12.4. The standard InChI is InChI=1S/C15H23ClFNO2/c1-2-3-4-5-8-20-11-13(19)10-18-15-9-12(17)6-7-14(15)16/h6-7,9,13,18-19H,2-5,8,10-11H2,1H3. The molecule has 0 amide bonds. The van der Waals surface area contributed by atoms with Crippen molar-refractivity contribution in [3.63, 3.8) is 0 Å². The number of aliphatic hydroxyl groups excluding tert-OH is 1. The summed E-state index contributed by atoms with van der Waals surface area (Å²) in [5.74, 6) is -0.362. The van der Waals surface area contributed by atoms with E-state index in [0.29, 0.717) is 17.3 Å². The van der Waals surface area contributed by atoms with Crippen molar-refractivity contribution in [1.29, 1.82) is 0 Å². The van der Waals surface area contributed by atoms with Crippen molar-refractivity contribution in [2.24, 2.45) is 0 Å². The van der Waals surface area contributed by atoms with Crippen molar-refractivity contribution in [3.05, 3.63) is 29.0 Å². The molecule has 1 rings (SSSR count). The molecule has 2 N–H and O–H groups in total. The minimum absolute atomic E-state index is 0.270. The van der Waals surface area contributed by atoms with E-state index in [9.17, 15) is 9.50 Å². The second kappa shape index (κ2) is 9.97. The summed E-state index contributed by atoms with van der Waals surface area (Å²) < 4.78 is 18.4. The minimum Gasteiger partial charge on any atom is -0.389 e. The molecule has 0 fully saturated rings. The lowest BCUT2D eigenvalue weighted by molar-refractivity contribution is 0.0417. The average molecular weight is 304 g/mol. The largest absolute Gasteiger partial charge is 0.389 e. The zero-order chi connectivity index (χ0) is 14.8. The highest BCUT2D eigenvalue weighted by Crippen LogP contribution is 2.22. The van der Waals surface area contributed by atoms with E-state index >= 15 is 0 Å². The monoisotopic (exact) mass is 303 g/mol. The lowest BCUT2D eigenvalue weighted by atomic mass is 10.2. The number of nitrogens with one attached hydrogen (secondary N) is 1. The first-order valence-corrected chi connectivity index (χ1v) is 7.46. The SMILES string of the molecule is CCCCCCOCC(O)CNc1cc(F)ccc1Cl. The fraction of sp³-hybridized carbons (Fsp3) is 0.600. The smallest absolute Gasteiger partial charge is 0.125 e. The summed E-state index contributed by atoms with van der Waals surface area (Å²) in [6.07, 6.45) is 3.94. The van der Waals surface area contributed by atoms with E-state index in [2.05, 4.69) is 12.2 Å². The van der Waals surface area contributed by atoms with Crippen LogP contribution in [0.4, 0.5) is 10.1 Å². The highest BCUT2D eigenvalue weighted by Gasteiger charge is 2.07. The molecular weight excluding hydrogens is 281 g/mol. The molecule has 3 nitrogen and oxygen atoms in total. The second-order valence-electron chi connectivity index (χ2n) is 4.79. The van der Waals surface area contributed by atoms with E-state index in [1.807, 2.05) is 0 Å². The highest BCUT2D eigenvalue weighted by atomic mass is 35.5. The Morgan fingerprint density at radius 2 is 2.15 bits per heavy atom. The Balaban J connectivity index is 2.16. The van der Waals surface area contributed by atoms with Gasteiger partial charge in [0.25, 0.3) is 0 Å². The summed E-state index contributed by atoms with van der Waals surface area (Å²) in [4.78, 5) is 0. The van der Waals surface area contributed by atoms with Gasteiger partial charge in [0.15, 0.2) is 0 Å². The van der Waals surface area contributed by atoms with Gasteiger partial charge in [-0.3, -0.25) is 0 Å². The number of hydrogen-bond donors (Lipinski definition) is 2. The van der Waals surface area contributed by atoms with Crippen molar-refractivity contribution in [1.82, 2.24) is 0 Å². The van der Waals surface area contributed by atoms with Crippen molar-refractivity contribution in [2.75, 3.05) is 25.1 Å². The van der Waals surface area contributed by atoms with Gasteiger partial charge < -0.3 is 15.2 Å². The van der Waals surface area contributed by atoms with Gasteiger partial charge in [-0.05, 0) is 24.6 Å². The van der Waals surface area contributed by atoms with Gasteiger partial charge in [0.2, 0.25) is 0 Å². The summed E-state index contributed by atoms with van der Waals surface area (Å²) in [6.45, 7) is 3.37. The highest BCUT2D eigenvalue weighted by molar-refractivity contribution is 6.33. The van der Waals surface area contributed by atoms with Gasteiger partial charge >= 0.3 is 0 Å². The first-order chi connectivity index (χ1) is 9.63. The van der Waals surface area contributed by atoms with Crippen LogP contribution in [0.25, 0.3) is 0 Å². The molecule has 1 atom stereocenters. The predicted octanol–water partition coefficient (Wildman–Crippen LogP) is 3.85. The maximum Gasteiger partial charge on any atom is 0.125 e. The first kappa shape index (κ1) is 17.2. The van der Waals surface area contributed by atoms with E-state index < -0.39 is 6.10 Å². The van der Waals surface area contributed by atoms with Crippen LogP contribution in [0.15, 0.2) is 18.2 Å². The van der Waals surface area contributed by atoms with Crippen LogP contribution < -0.4 is 5.32 Å². The third kappa shape index (κ3) is 7.08. The average Bonchev–Trinajstić information content (AvgIpc) is 2.43. The first-order valence-electron chi connectivity index (χ1n) is 7.08. The second-order valence-corrected chi connectivity index (χ2v) is 5.20. The van der Waals surface area contributed by atoms with Gasteiger partial charge in [0, 0.05) is 13.2 Å². The van der Waals surface area contributed by atoms with Crippen LogP contribution in [0.3, 0.4) is 0 Å². The molecule has 1 aromatic rings. The van der Waals surface area contributed by atoms with E-state index in [1.54, 1.807) is 0 Å². The van der Waals surface area contributed by atoms with Crippen LogP contribution in [-0.4, -0.2) is 31.0 Å². The molecule has 0 heterocycles. The molecule has 0 aliphatic heterocycles. The Labute approximate surface area is 125 Å². The number of rotatable bonds is 10. The Bertz CT molecular complexity index is 390. The van der Waals surface area contributed by atoms with Crippen LogP contribution in [0.1, 0.15) is 32.6 Å². The number of anilines is 1. The van der Waals surface area contributed by atoms with Gasteiger partial charge in [-0.25, -0.2) is 4.39 Å². The molecule has 1 unspecified atom stereocenters. The quantitative estimate of drug-likeness (QED) is 0.645. The third-order valence-corrected chi connectivity index (χ3v) is 3.24. The van der Waals surface area contributed by atoms with E-state index in [0.717, 1.165) is 12.8 Å². The Hall–Kier alpha value is -0.840. The lowest BCUT2D eigenvalue weighted by Gasteiger charge is -2.14. The Morgan fingerprint density at radius 1 is 1.35 bits per heavy atom. The molecule has 0 aliphatic carbocycles. The van der Waals surface area contributed by atoms with Crippen LogP contribution in [0, 0.1) is 5.82 Å². The number of halogens is 2. The number of unbranched alkanes of at least 4 members (excludes halogenated alkanes) is 3. The van der Waals surface area contributed by atoms with Gasteiger partial charge in [0.1, 0.15) is 5.82 Å². The van der Waals surface area contributed by atoms with Gasteiger partial charge in [-0.1, -0.05) is 37.8 Å². The maximum atomic E-state index is 13.0. The van der Waals surface area contributed by atoms with Gasteiger partial charge in [-0.15, -0.1) is 0 Å². The lowest BCUT2D eigenvalue weighted by Crippen LogP contribution is -2.25.